The first-order valence-corrected chi connectivity index (χ1v) is 7.30. The maximum atomic E-state index is 12.5. The molecule has 1 amide bonds. The Labute approximate surface area is 112 Å². The molecule has 5 nitrogen and oxygen atoms in total. The van der Waals surface area contributed by atoms with Gasteiger partial charge < -0.3 is 14.7 Å². The molecule has 2 bridgehead atoms. The van der Waals surface area contributed by atoms with Crippen molar-refractivity contribution in [3.05, 3.63) is 0 Å². The van der Waals surface area contributed by atoms with Crippen LogP contribution in [0.25, 0.3) is 0 Å². The molecule has 0 aromatic heterocycles. The molecule has 3 atom stereocenters. The zero-order chi connectivity index (χ0) is 13.4. The molecule has 0 saturated carbocycles. The van der Waals surface area contributed by atoms with Gasteiger partial charge in [0.1, 0.15) is 6.10 Å². The minimum Gasteiger partial charge on any atom is -0.481 e. The molecule has 3 rings (SSSR count). The summed E-state index contributed by atoms with van der Waals surface area (Å²) >= 11 is 0. The summed E-state index contributed by atoms with van der Waals surface area (Å²) in [6.07, 6.45) is 5.57. The van der Waals surface area contributed by atoms with E-state index in [0.29, 0.717) is 6.61 Å². The van der Waals surface area contributed by atoms with E-state index in [2.05, 4.69) is 0 Å². The van der Waals surface area contributed by atoms with Gasteiger partial charge in [0, 0.05) is 25.1 Å². The number of hydrogen-bond donors (Lipinski definition) is 1. The van der Waals surface area contributed by atoms with Crippen molar-refractivity contribution in [1.29, 1.82) is 0 Å². The average molecular weight is 267 g/mol. The van der Waals surface area contributed by atoms with Crippen LogP contribution in [0.5, 0.6) is 0 Å². The molecule has 19 heavy (non-hydrogen) atoms. The molecule has 0 aromatic rings. The molecule has 0 radical (unpaired) electrons. The third-order valence-electron chi connectivity index (χ3n) is 4.75. The standard InChI is InChI=1S/C14H21NO4/c16-13(17)8-9-6-10-3-4-11(7-9)15(10)14(18)12-2-1-5-19-12/h9-12H,1-8H2,(H,16,17). The van der Waals surface area contributed by atoms with E-state index < -0.39 is 5.97 Å². The van der Waals surface area contributed by atoms with Crippen LogP contribution in [0.3, 0.4) is 0 Å². The van der Waals surface area contributed by atoms with Crippen molar-refractivity contribution in [2.75, 3.05) is 6.61 Å². The number of amides is 1. The van der Waals surface area contributed by atoms with E-state index in [9.17, 15) is 9.59 Å². The third-order valence-corrected chi connectivity index (χ3v) is 4.75. The van der Waals surface area contributed by atoms with Crippen LogP contribution >= 0.6 is 0 Å². The second-order valence-electron chi connectivity index (χ2n) is 6.07. The molecule has 1 N–H and O–H groups in total. The molecular formula is C14H21NO4. The number of piperidine rings is 1. The molecule has 3 saturated heterocycles. The first-order chi connectivity index (χ1) is 9.15. The molecule has 0 aliphatic carbocycles. The first kappa shape index (κ1) is 12.9. The minimum atomic E-state index is -0.719. The number of carboxylic acid groups (broad SMARTS) is 1. The van der Waals surface area contributed by atoms with Gasteiger partial charge in [-0.3, -0.25) is 9.59 Å². The van der Waals surface area contributed by atoms with Gasteiger partial charge in [0.25, 0.3) is 5.91 Å². The van der Waals surface area contributed by atoms with Gasteiger partial charge in [0.15, 0.2) is 0 Å². The molecule has 0 spiro atoms. The highest BCUT2D eigenvalue weighted by atomic mass is 16.5. The van der Waals surface area contributed by atoms with Gasteiger partial charge in [-0.25, -0.2) is 0 Å². The monoisotopic (exact) mass is 267 g/mol. The van der Waals surface area contributed by atoms with Crippen LogP contribution in [-0.2, 0) is 14.3 Å². The molecular weight excluding hydrogens is 246 g/mol. The normalized spacial score (nSPS) is 37.6. The summed E-state index contributed by atoms with van der Waals surface area (Å²) in [5, 5.41) is 8.91. The van der Waals surface area contributed by atoms with E-state index in [1.807, 2.05) is 4.90 Å². The predicted octanol–water partition coefficient (Wildman–Crippen LogP) is 1.41. The lowest BCUT2D eigenvalue weighted by Crippen LogP contribution is -2.50. The summed E-state index contributed by atoms with van der Waals surface area (Å²) in [5.74, 6) is -0.328. The highest BCUT2D eigenvalue weighted by Gasteiger charge is 2.45. The van der Waals surface area contributed by atoms with Crippen molar-refractivity contribution in [1.82, 2.24) is 4.90 Å². The van der Waals surface area contributed by atoms with Gasteiger partial charge in [-0.1, -0.05) is 0 Å². The Morgan fingerprint density at radius 2 is 1.84 bits per heavy atom. The number of nitrogens with zero attached hydrogens (tertiary/aromatic N) is 1. The number of ether oxygens (including phenoxy) is 1. The van der Waals surface area contributed by atoms with E-state index >= 15 is 0 Å². The number of aliphatic carboxylic acids is 1. The van der Waals surface area contributed by atoms with Gasteiger partial charge >= 0.3 is 5.97 Å². The maximum absolute atomic E-state index is 12.5. The third kappa shape index (κ3) is 2.48. The largest absolute Gasteiger partial charge is 0.481 e. The van der Waals surface area contributed by atoms with E-state index in [-0.39, 0.29) is 36.4 Å². The Hall–Kier alpha value is -1.10. The van der Waals surface area contributed by atoms with E-state index in [1.165, 1.54) is 0 Å². The van der Waals surface area contributed by atoms with Gasteiger partial charge in [-0.05, 0) is 44.4 Å². The number of carboxylic acids is 1. The predicted molar refractivity (Wildman–Crippen MR) is 67.6 cm³/mol. The fourth-order valence-electron chi connectivity index (χ4n) is 4.00. The van der Waals surface area contributed by atoms with Gasteiger partial charge in [-0.15, -0.1) is 0 Å². The molecule has 0 aromatic carbocycles. The first-order valence-electron chi connectivity index (χ1n) is 7.30. The summed E-state index contributed by atoms with van der Waals surface area (Å²) in [7, 11) is 0. The summed E-state index contributed by atoms with van der Waals surface area (Å²) in [5.41, 5.74) is 0. The second-order valence-corrected chi connectivity index (χ2v) is 6.07. The van der Waals surface area contributed by atoms with Crippen LogP contribution in [-0.4, -0.2) is 46.7 Å². The summed E-state index contributed by atoms with van der Waals surface area (Å²) in [6, 6.07) is 0.500. The molecule has 5 heteroatoms. The molecule has 3 heterocycles. The molecule has 106 valence electrons. The summed E-state index contributed by atoms with van der Waals surface area (Å²) in [4.78, 5) is 25.3. The van der Waals surface area contributed by atoms with Gasteiger partial charge in [0.05, 0.1) is 0 Å². The maximum Gasteiger partial charge on any atom is 0.303 e. The Balaban J connectivity index is 1.65. The van der Waals surface area contributed by atoms with Crippen molar-refractivity contribution < 1.29 is 19.4 Å². The van der Waals surface area contributed by atoms with Crippen molar-refractivity contribution in [2.45, 2.75) is 63.1 Å². The summed E-state index contributed by atoms with van der Waals surface area (Å²) < 4.78 is 5.50. The number of fused-ring (bicyclic) bond motifs is 2. The van der Waals surface area contributed by atoms with Crippen molar-refractivity contribution in [2.24, 2.45) is 5.92 Å². The van der Waals surface area contributed by atoms with Crippen LogP contribution in [0, 0.1) is 5.92 Å². The van der Waals surface area contributed by atoms with Crippen molar-refractivity contribution in [3.63, 3.8) is 0 Å². The Morgan fingerprint density at radius 3 is 2.37 bits per heavy atom. The van der Waals surface area contributed by atoms with Crippen molar-refractivity contribution >= 4 is 11.9 Å². The smallest absolute Gasteiger partial charge is 0.303 e. The molecule has 3 aliphatic heterocycles. The lowest BCUT2D eigenvalue weighted by molar-refractivity contribution is -0.147. The lowest BCUT2D eigenvalue weighted by Gasteiger charge is -2.39. The summed E-state index contributed by atoms with van der Waals surface area (Å²) in [6.45, 7) is 0.696. The van der Waals surface area contributed by atoms with Crippen LogP contribution in [0.15, 0.2) is 0 Å². The van der Waals surface area contributed by atoms with Crippen LogP contribution in [0.1, 0.15) is 44.9 Å². The Kier molecular flexibility index (Phi) is 3.48. The van der Waals surface area contributed by atoms with Crippen molar-refractivity contribution in [3.8, 4) is 0 Å². The molecule has 3 fully saturated rings. The number of rotatable bonds is 3. The fourth-order valence-corrected chi connectivity index (χ4v) is 4.00. The highest BCUT2D eigenvalue weighted by molar-refractivity contribution is 5.82. The molecule has 3 aliphatic rings. The number of hydrogen-bond acceptors (Lipinski definition) is 3. The second kappa shape index (κ2) is 5.12. The van der Waals surface area contributed by atoms with E-state index in [4.69, 9.17) is 9.84 Å². The number of carbonyl (C=O) groups is 2. The molecule has 3 unspecified atom stereocenters. The van der Waals surface area contributed by atoms with Gasteiger partial charge in [0.2, 0.25) is 0 Å². The number of carbonyl (C=O) groups excluding carboxylic acids is 1. The minimum absolute atomic E-state index is 0.152. The highest BCUT2D eigenvalue weighted by Crippen LogP contribution is 2.40. The van der Waals surface area contributed by atoms with Crippen LogP contribution in [0.2, 0.25) is 0 Å². The average Bonchev–Trinajstić information content (AvgIpc) is 2.95. The fraction of sp³-hybridized carbons (Fsp3) is 0.857. The Bertz CT molecular complexity index is 364. The lowest BCUT2D eigenvalue weighted by atomic mass is 9.88. The zero-order valence-electron chi connectivity index (χ0n) is 11.1. The quantitative estimate of drug-likeness (QED) is 0.839. The topological polar surface area (TPSA) is 66.8 Å². The van der Waals surface area contributed by atoms with Gasteiger partial charge in [-0.2, -0.15) is 0 Å². The SMILES string of the molecule is O=C(O)CC1CC2CCC(C1)N2C(=O)C1CCCO1. The zero-order valence-corrected chi connectivity index (χ0v) is 11.1. The van der Waals surface area contributed by atoms with E-state index in [1.54, 1.807) is 0 Å². The Morgan fingerprint density at radius 1 is 1.16 bits per heavy atom. The van der Waals surface area contributed by atoms with Crippen LogP contribution < -0.4 is 0 Å². The van der Waals surface area contributed by atoms with E-state index in [0.717, 1.165) is 38.5 Å². The van der Waals surface area contributed by atoms with Crippen LogP contribution in [0.4, 0.5) is 0 Å².